The van der Waals surface area contributed by atoms with Crippen molar-refractivity contribution in [3.8, 4) is 0 Å². The largest absolute Gasteiger partial charge is 0.410 e. The molecular weight excluding hydrogens is 324 g/mol. The Hall–Kier alpha value is 0.137. The summed E-state index contributed by atoms with van der Waals surface area (Å²) >= 11 is 0. The molecule has 0 amide bonds. The maximum absolute atomic E-state index is 10.3. The lowest BCUT2D eigenvalue weighted by molar-refractivity contribution is -0.100. The maximum Gasteiger partial charge on any atom is 0.201 e. The molecule has 5 atom stereocenters. The van der Waals surface area contributed by atoms with Crippen molar-refractivity contribution in [1.29, 1.82) is 0 Å². The first-order valence-electron chi connectivity index (χ1n) is 11.0. The summed E-state index contributed by atoms with van der Waals surface area (Å²) in [5.74, 6) is 1.63. The molecule has 0 spiro atoms. The zero-order valence-electron chi connectivity index (χ0n) is 17.8. The molecule has 0 radical (unpaired) electrons. The molecular formula is C22H42O2Si. The molecule has 0 aromatic rings. The van der Waals surface area contributed by atoms with Crippen LogP contribution >= 0.6 is 0 Å². The minimum atomic E-state index is -1.90. The summed E-state index contributed by atoms with van der Waals surface area (Å²) in [5.41, 5.74) is 2.27. The van der Waals surface area contributed by atoms with E-state index in [9.17, 15) is 5.11 Å². The Morgan fingerprint density at radius 1 is 0.960 bits per heavy atom. The van der Waals surface area contributed by atoms with Crippen LogP contribution in [0.1, 0.15) is 93.4 Å². The van der Waals surface area contributed by atoms with Gasteiger partial charge in [-0.15, -0.1) is 0 Å². The number of hydrogen-bond donors (Lipinski definition) is 1. The summed E-state index contributed by atoms with van der Waals surface area (Å²) in [6.07, 6.45) is 8.70. The minimum absolute atomic E-state index is 0.0813. The third-order valence-corrected chi connectivity index (χ3v) is 14.7. The van der Waals surface area contributed by atoms with Crippen molar-refractivity contribution in [3.63, 3.8) is 0 Å². The Bertz CT molecular complexity index is 465. The summed E-state index contributed by atoms with van der Waals surface area (Å²) in [7, 11) is -1.90. The second-order valence-corrected chi connectivity index (χ2v) is 16.0. The molecule has 3 fully saturated rings. The molecule has 0 saturated heterocycles. The molecule has 3 aliphatic carbocycles. The first-order valence-corrected chi connectivity index (χ1v) is 13.1. The lowest BCUT2D eigenvalue weighted by Crippen LogP contribution is -2.61. The van der Waals surface area contributed by atoms with Gasteiger partial charge in [-0.2, -0.15) is 0 Å². The van der Waals surface area contributed by atoms with Crippen molar-refractivity contribution in [3.05, 3.63) is 0 Å². The summed E-state index contributed by atoms with van der Waals surface area (Å²) in [5, 5.41) is 10.3. The maximum atomic E-state index is 10.3. The van der Waals surface area contributed by atoms with Gasteiger partial charge in [0.05, 0.1) is 11.7 Å². The van der Waals surface area contributed by atoms with Gasteiger partial charge in [-0.3, -0.25) is 0 Å². The molecule has 3 saturated carbocycles. The zero-order valence-corrected chi connectivity index (χ0v) is 18.8. The van der Waals surface area contributed by atoms with Gasteiger partial charge in [-0.25, -0.2) is 0 Å². The second-order valence-electron chi connectivity index (χ2n) is 10.6. The van der Waals surface area contributed by atoms with Gasteiger partial charge in [0.25, 0.3) is 0 Å². The molecule has 0 aliphatic heterocycles. The van der Waals surface area contributed by atoms with Crippen LogP contribution in [0.5, 0.6) is 0 Å². The Balaban J connectivity index is 2.05. The summed E-state index contributed by atoms with van der Waals surface area (Å²) in [4.78, 5) is 0. The van der Waals surface area contributed by atoms with Gasteiger partial charge in [-0.05, 0) is 73.9 Å². The van der Waals surface area contributed by atoms with Gasteiger partial charge < -0.3 is 9.53 Å². The highest BCUT2D eigenvalue weighted by Crippen LogP contribution is 2.72. The Morgan fingerprint density at radius 2 is 1.56 bits per heavy atom. The molecule has 0 aromatic carbocycles. The van der Waals surface area contributed by atoms with E-state index in [1.54, 1.807) is 0 Å². The van der Waals surface area contributed by atoms with Crippen LogP contribution in [0.2, 0.25) is 16.6 Å². The average molecular weight is 367 g/mol. The molecule has 2 nitrogen and oxygen atoms in total. The first-order chi connectivity index (χ1) is 11.6. The summed E-state index contributed by atoms with van der Waals surface area (Å²) < 4.78 is 7.66. The Kier molecular flexibility index (Phi) is 5.28. The lowest BCUT2D eigenvalue weighted by atomic mass is 9.65. The molecule has 3 rings (SSSR count). The smallest absolute Gasteiger partial charge is 0.201 e. The molecule has 0 heterocycles. The van der Waals surface area contributed by atoms with Crippen LogP contribution in [0.25, 0.3) is 0 Å². The third kappa shape index (κ3) is 2.70. The normalized spacial score (nSPS) is 39.0. The van der Waals surface area contributed by atoms with Gasteiger partial charge in [0, 0.05) is 5.41 Å². The van der Waals surface area contributed by atoms with Crippen molar-refractivity contribution < 1.29 is 9.53 Å². The standard InChI is InChI=1S/C22H42O2Si/c1-15(2)25(16(3)4,17(5)6)24-22-11-8-9-20(22)19-10-12-21(22,14-19)13-18(7)23/h15-20,23H,8-14H2,1-7H3. The zero-order chi connectivity index (χ0) is 18.6. The van der Waals surface area contributed by atoms with Gasteiger partial charge in [0.15, 0.2) is 0 Å². The Morgan fingerprint density at radius 3 is 2.08 bits per heavy atom. The van der Waals surface area contributed by atoms with Crippen LogP contribution in [-0.2, 0) is 4.43 Å². The van der Waals surface area contributed by atoms with E-state index in [0.717, 1.165) is 18.3 Å². The first kappa shape index (κ1) is 19.9. The highest BCUT2D eigenvalue weighted by molar-refractivity contribution is 6.77. The van der Waals surface area contributed by atoms with Crippen molar-refractivity contribution in [2.75, 3.05) is 0 Å². The highest BCUT2D eigenvalue weighted by Gasteiger charge is 2.71. The molecule has 3 aliphatic rings. The van der Waals surface area contributed by atoms with Crippen LogP contribution in [0.15, 0.2) is 0 Å². The van der Waals surface area contributed by atoms with E-state index in [2.05, 4.69) is 41.5 Å². The molecule has 3 heteroatoms. The number of fused-ring (bicyclic) bond motifs is 5. The van der Waals surface area contributed by atoms with Gasteiger partial charge >= 0.3 is 0 Å². The van der Waals surface area contributed by atoms with Crippen molar-refractivity contribution >= 4 is 8.32 Å². The third-order valence-electron chi connectivity index (χ3n) is 8.53. The molecule has 1 N–H and O–H groups in total. The monoisotopic (exact) mass is 366 g/mol. The second kappa shape index (κ2) is 6.63. The van der Waals surface area contributed by atoms with Crippen LogP contribution in [0.3, 0.4) is 0 Å². The van der Waals surface area contributed by atoms with Crippen LogP contribution < -0.4 is 0 Å². The number of hydrogen-bond acceptors (Lipinski definition) is 2. The molecule has 146 valence electrons. The van der Waals surface area contributed by atoms with E-state index in [-0.39, 0.29) is 17.1 Å². The predicted molar refractivity (Wildman–Crippen MR) is 108 cm³/mol. The SMILES string of the molecule is CC(O)CC12CCC(C1)C1CCCC12O[Si](C(C)C)(C(C)C)C(C)C. The number of aliphatic hydroxyl groups excluding tert-OH is 1. The fraction of sp³-hybridized carbons (Fsp3) is 1.00. The van der Waals surface area contributed by atoms with Gasteiger partial charge in [0.1, 0.15) is 0 Å². The predicted octanol–water partition coefficient (Wildman–Crippen LogP) is 6.29. The Labute approximate surface area is 157 Å². The van der Waals surface area contributed by atoms with E-state index < -0.39 is 8.32 Å². The van der Waals surface area contributed by atoms with Crippen molar-refractivity contribution in [2.45, 2.75) is 122 Å². The van der Waals surface area contributed by atoms with Gasteiger partial charge in [-0.1, -0.05) is 48.0 Å². The molecule has 0 aromatic heterocycles. The van der Waals surface area contributed by atoms with Crippen LogP contribution in [-0.4, -0.2) is 25.1 Å². The lowest BCUT2D eigenvalue weighted by Gasteiger charge is -2.56. The van der Waals surface area contributed by atoms with E-state index >= 15 is 0 Å². The van der Waals surface area contributed by atoms with E-state index in [1.807, 2.05) is 6.92 Å². The van der Waals surface area contributed by atoms with E-state index in [1.165, 1.54) is 38.5 Å². The molecule has 2 bridgehead atoms. The summed E-state index contributed by atoms with van der Waals surface area (Å²) in [6, 6.07) is 0. The highest BCUT2D eigenvalue weighted by atomic mass is 28.4. The average Bonchev–Trinajstić information content (AvgIpc) is 3.13. The fourth-order valence-electron chi connectivity index (χ4n) is 8.00. The van der Waals surface area contributed by atoms with Crippen LogP contribution in [0, 0.1) is 17.3 Å². The van der Waals surface area contributed by atoms with Crippen molar-refractivity contribution in [2.24, 2.45) is 17.3 Å². The van der Waals surface area contributed by atoms with Crippen molar-refractivity contribution in [1.82, 2.24) is 0 Å². The summed E-state index contributed by atoms with van der Waals surface area (Å²) in [6.45, 7) is 16.5. The fourth-order valence-corrected chi connectivity index (χ4v) is 13.8. The van der Waals surface area contributed by atoms with Crippen LogP contribution in [0.4, 0.5) is 0 Å². The van der Waals surface area contributed by atoms with E-state index in [0.29, 0.717) is 16.6 Å². The van der Waals surface area contributed by atoms with E-state index in [4.69, 9.17) is 4.43 Å². The molecule has 5 unspecified atom stereocenters. The van der Waals surface area contributed by atoms with Gasteiger partial charge in [0.2, 0.25) is 8.32 Å². The number of rotatable bonds is 7. The molecule has 25 heavy (non-hydrogen) atoms. The minimum Gasteiger partial charge on any atom is -0.410 e. The quantitative estimate of drug-likeness (QED) is 0.537. The topological polar surface area (TPSA) is 29.5 Å². The number of aliphatic hydroxyl groups is 1.